The molecule has 0 fully saturated rings. The van der Waals surface area contributed by atoms with E-state index in [0.29, 0.717) is 6.61 Å². The molecule has 3 nitrogen and oxygen atoms in total. The third-order valence-corrected chi connectivity index (χ3v) is 2.36. The van der Waals surface area contributed by atoms with E-state index >= 15 is 0 Å². The van der Waals surface area contributed by atoms with E-state index in [9.17, 15) is 0 Å². The Labute approximate surface area is 113 Å². The maximum atomic E-state index is 5.51. The standard InChI is InChI=1S/C16H16N2O/c1-13(2)12-19-16-10-8-15(9-11-16)18-17-14-6-4-3-5-7-14/h3-11H,1,12H2,2H3/b18-17+. The number of azo groups is 1. The third kappa shape index (κ3) is 4.39. The van der Waals surface area contributed by atoms with Crippen molar-refractivity contribution in [2.45, 2.75) is 6.92 Å². The number of nitrogens with zero attached hydrogens (tertiary/aromatic N) is 2. The maximum Gasteiger partial charge on any atom is 0.119 e. The summed E-state index contributed by atoms with van der Waals surface area (Å²) in [6.07, 6.45) is 0. The minimum absolute atomic E-state index is 0.533. The average Bonchev–Trinajstić information content (AvgIpc) is 2.45. The second-order valence-electron chi connectivity index (χ2n) is 4.28. The Balaban J connectivity index is 1.99. The molecule has 0 N–H and O–H groups in total. The van der Waals surface area contributed by atoms with Gasteiger partial charge in [-0.3, -0.25) is 0 Å². The summed E-state index contributed by atoms with van der Waals surface area (Å²) in [4.78, 5) is 0. The average molecular weight is 252 g/mol. The summed E-state index contributed by atoms with van der Waals surface area (Å²) < 4.78 is 5.51. The topological polar surface area (TPSA) is 34.0 Å². The molecule has 3 heteroatoms. The van der Waals surface area contributed by atoms with Crippen LogP contribution in [0.5, 0.6) is 5.75 Å². The maximum absolute atomic E-state index is 5.51. The number of benzene rings is 2. The van der Waals surface area contributed by atoms with Crippen LogP contribution in [0.3, 0.4) is 0 Å². The van der Waals surface area contributed by atoms with Gasteiger partial charge in [0.2, 0.25) is 0 Å². The lowest BCUT2D eigenvalue weighted by molar-refractivity contribution is 0.353. The highest BCUT2D eigenvalue weighted by molar-refractivity contribution is 5.42. The lowest BCUT2D eigenvalue weighted by Crippen LogP contribution is -1.96. The minimum atomic E-state index is 0.533. The van der Waals surface area contributed by atoms with Gasteiger partial charge in [-0.05, 0) is 48.9 Å². The van der Waals surface area contributed by atoms with Crippen molar-refractivity contribution in [2.75, 3.05) is 6.61 Å². The molecule has 0 aromatic heterocycles. The molecule has 0 amide bonds. The first-order chi connectivity index (χ1) is 9.24. The van der Waals surface area contributed by atoms with Gasteiger partial charge in [0, 0.05) is 0 Å². The van der Waals surface area contributed by atoms with Gasteiger partial charge in [-0.1, -0.05) is 24.8 Å². The van der Waals surface area contributed by atoms with E-state index in [0.717, 1.165) is 22.7 Å². The zero-order chi connectivity index (χ0) is 13.5. The molecule has 2 rings (SSSR count). The SMILES string of the molecule is C=C(C)COc1ccc(/N=N/c2ccccc2)cc1. The Hall–Kier alpha value is -2.42. The Morgan fingerprint density at radius 2 is 1.53 bits per heavy atom. The second kappa shape index (κ2) is 6.50. The summed E-state index contributed by atoms with van der Waals surface area (Å²) >= 11 is 0. The lowest BCUT2D eigenvalue weighted by Gasteiger charge is -2.04. The second-order valence-corrected chi connectivity index (χ2v) is 4.28. The van der Waals surface area contributed by atoms with Crippen molar-refractivity contribution in [3.8, 4) is 5.75 Å². The van der Waals surface area contributed by atoms with Crippen LogP contribution in [0.1, 0.15) is 6.92 Å². The first-order valence-corrected chi connectivity index (χ1v) is 6.08. The molecule has 2 aromatic carbocycles. The molecule has 0 saturated carbocycles. The summed E-state index contributed by atoms with van der Waals surface area (Å²) in [5, 5.41) is 8.32. The summed E-state index contributed by atoms with van der Waals surface area (Å²) in [5.41, 5.74) is 2.63. The molecule has 2 aromatic rings. The monoisotopic (exact) mass is 252 g/mol. The zero-order valence-corrected chi connectivity index (χ0v) is 10.9. The van der Waals surface area contributed by atoms with E-state index in [-0.39, 0.29) is 0 Å². The van der Waals surface area contributed by atoms with Crippen LogP contribution in [-0.2, 0) is 0 Å². The highest BCUT2D eigenvalue weighted by Gasteiger charge is 1.95. The van der Waals surface area contributed by atoms with E-state index in [1.807, 2.05) is 61.5 Å². The molecule has 0 aliphatic rings. The summed E-state index contributed by atoms with van der Waals surface area (Å²) in [6.45, 7) is 6.26. The van der Waals surface area contributed by atoms with E-state index in [1.165, 1.54) is 0 Å². The molecule has 0 unspecified atom stereocenters. The minimum Gasteiger partial charge on any atom is -0.489 e. The Morgan fingerprint density at radius 1 is 0.947 bits per heavy atom. The quantitative estimate of drug-likeness (QED) is 0.541. The van der Waals surface area contributed by atoms with Crippen molar-refractivity contribution in [1.29, 1.82) is 0 Å². The fourth-order valence-electron chi connectivity index (χ4n) is 1.43. The van der Waals surface area contributed by atoms with Gasteiger partial charge in [-0.15, -0.1) is 0 Å². The fourth-order valence-corrected chi connectivity index (χ4v) is 1.43. The van der Waals surface area contributed by atoms with Gasteiger partial charge in [-0.25, -0.2) is 0 Å². The summed E-state index contributed by atoms with van der Waals surface area (Å²) in [6, 6.07) is 17.1. The van der Waals surface area contributed by atoms with Gasteiger partial charge in [0.25, 0.3) is 0 Å². The van der Waals surface area contributed by atoms with Crippen molar-refractivity contribution < 1.29 is 4.74 Å². The van der Waals surface area contributed by atoms with E-state index < -0.39 is 0 Å². The molecule has 0 radical (unpaired) electrons. The van der Waals surface area contributed by atoms with Crippen molar-refractivity contribution in [1.82, 2.24) is 0 Å². The predicted molar refractivity (Wildman–Crippen MR) is 77.4 cm³/mol. The van der Waals surface area contributed by atoms with Crippen molar-refractivity contribution in [3.05, 3.63) is 66.7 Å². The van der Waals surface area contributed by atoms with Crippen LogP contribution in [0, 0.1) is 0 Å². The first-order valence-electron chi connectivity index (χ1n) is 6.08. The van der Waals surface area contributed by atoms with Crippen LogP contribution in [0.4, 0.5) is 11.4 Å². The fraction of sp³-hybridized carbons (Fsp3) is 0.125. The number of rotatable bonds is 5. The van der Waals surface area contributed by atoms with Crippen LogP contribution in [-0.4, -0.2) is 6.61 Å². The van der Waals surface area contributed by atoms with Gasteiger partial charge in [0.15, 0.2) is 0 Å². The molecule has 0 saturated heterocycles. The predicted octanol–water partition coefficient (Wildman–Crippen LogP) is 5.06. The Kier molecular flexibility index (Phi) is 4.45. The number of ether oxygens (including phenoxy) is 1. The highest BCUT2D eigenvalue weighted by atomic mass is 16.5. The molecular formula is C16H16N2O. The Morgan fingerprint density at radius 3 is 2.11 bits per heavy atom. The molecule has 0 aliphatic carbocycles. The Bertz CT molecular complexity index is 559. The van der Waals surface area contributed by atoms with Gasteiger partial charge in [0.1, 0.15) is 12.4 Å². The van der Waals surface area contributed by atoms with Gasteiger partial charge in [0.05, 0.1) is 11.4 Å². The zero-order valence-electron chi connectivity index (χ0n) is 10.9. The van der Waals surface area contributed by atoms with Crippen LogP contribution in [0.2, 0.25) is 0 Å². The van der Waals surface area contributed by atoms with E-state index in [1.54, 1.807) is 0 Å². The lowest BCUT2D eigenvalue weighted by atomic mass is 10.3. The van der Waals surface area contributed by atoms with Crippen LogP contribution >= 0.6 is 0 Å². The molecule has 0 atom stereocenters. The van der Waals surface area contributed by atoms with Crippen molar-refractivity contribution in [2.24, 2.45) is 10.2 Å². The van der Waals surface area contributed by atoms with Gasteiger partial charge < -0.3 is 4.74 Å². The molecule has 0 spiro atoms. The molecule has 0 bridgehead atoms. The van der Waals surface area contributed by atoms with Gasteiger partial charge in [-0.2, -0.15) is 10.2 Å². The smallest absolute Gasteiger partial charge is 0.119 e. The molecule has 96 valence electrons. The van der Waals surface area contributed by atoms with E-state index in [2.05, 4.69) is 16.8 Å². The van der Waals surface area contributed by atoms with E-state index in [4.69, 9.17) is 4.74 Å². The molecular weight excluding hydrogens is 236 g/mol. The molecule has 0 aliphatic heterocycles. The molecule has 19 heavy (non-hydrogen) atoms. The third-order valence-electron chi connectivity index (χ3n) is 2.36. The normalized spacial score (nSPS) is 10.6. The van der Waals surface area contributed by atoms with Crippen LogP contribution in [0.25, 0.3) is 0 Å². The summed E-state index contributed by atoms with van der Waals surface area (Å²) in [5.74, 6) is 0.807. The van der Waals surface area contributed by atoms with Crippen LogP contribution in [0.15, 0.2) is 77.0 Å². The van der Waals surface area contributed by atoms with Crippen molar-refractivity contribution in [3.63, 3.8) is 0 Å². The molecule has 0 heterocycles. The first kappa shape index (κ1) is 13.0. The van der Waals surface area contributed by atoms with Crippen LogP contribution < -0.4 is 4.74 Å². The summed E-state index contributed by atoms with van der Waals surface area (Å²) in [7, 11) is 0. The number of hydrogen-bond acceptors (Lipinski definition) is 3. The van der Waals surface area contributed by atoms with Gasteiger partial charge >= 0.3 is 0 Å². The largest absolute Gasteiger partial charge is 0.489 e. The highest BCUT2D eigenvalue weighted by Crippen LogP contribution is 2.21. The number of hydrogen-bond donors (Lipinski definition) is 0. The van der Waals surface area contributed by atoms with Crippen molar-refractivity contribution >= 4 is 11.4 Å².